The molecule has 1 aromatic heterocycles. The fourth-order valence-electron chi connectivity index (χ4n) is 2.16. The Labute approximate surface area is 104 Å². The Balaban J connectivity index is 1.95. The highest BCUT2D eigenvalue weighted by Crippen LogP contribution is 2.15. The zero-order valence-electron chi connectivity index (χ0n) is 10.7. The zero-order valence-corrected chi connectivity index (χ0v) is 10.7. The van der Waals surface area contributed by atoms with Crippen LogP contribution in [0.15, 0.2) is 18.3 Å². The van der Waals surface area contributed by atoms with Gasteiger partial charge in [-0.2, -0.15) is 0 Å². The van der Waals surface area contributed by atoms with Crippen molar-refractivity contribution in [3.8, 4) is 0 Å². The molecule has 17 heavy (non-hydrogen) atoms. The Bertz CT molecular complexity index is 335. The van der Waals surface area contributed by atoms with Gasteiger partial charge in [-0.1, -0.05) is 19.8 Å². The van der Waals surface area contributed by atoms with Crippen molar-refractivity contribution in [2.75, 3.05) is 31.2 Å². The van der Waals surface area contributed by atoms with Crippen LogP contribution in [0.25, 0.3) is 0 Å². The van der Waals surface area contributed by atoms with Crippen molar-refractivity contribution in [2.24, 2.45) is 0 Å². The quantitative estimate of drug-likeness (QED) is 0.732. The average molecular weight is 234 g/mol. The van der Waals surface area contributed by atoms with E-state index < -0.39 is 0 Å². The van der Waals surface area contributed by atoms with Gasteiger partial charge in [0.05, 0.1) is 13.2 Å². The lowest BCUT2D eigenvalue weighted by molar-refractivity contribution is 0.122. The van der Waals surface area contributed by atoms with E-state index in [1.807, 2.05) is 6.20 Å². The number of hydrogen-bond acceptors (Lipinski definition) is 3. The van der Waals surface area contributed by atoms with Crippen LogP contribution < -0.4 is 4.90 Å². The summed E-state index contributed by atoms with van der Waals surface area (Å²) < 4.78 is 5.36. The van der Waals surface area contributed by atoms with Gasteiger partial charge in [-0.25, -0.2) is 4.98 Å². The van der Waals surface area contributed by atoms with Crippen molar-refractivity contribution in [1.82, 2.24) is 4.98 Å². The van der Waals surface area contributed by atoms with Gasteiger partial charge in [-0.3, -0.25) is 0 Å². The molecule has 3 heteroatoms. The van der Waals surface area contributed by atoms with E-state index >= 15 is 0 Å². The third-order valence-corrected chi connectivity index (χ3v) is 3.21. The fraction of sp³-hybridized carbons (Fsp3) is 0.643. The van der Waals surface area contributed by atoms with Crippen molar-refractivity contribution in [1.29, 1.82) is 0 Å². The minimum absolute atomic E-state index is 0.821. The Morgan fingerprint density at radius 3 is 2.88 bits per heavy atom. The van der Waals surface area contributed by atoms with Gasteiger partial charge in [0.15, 0.2) is 0 Å². The standard InChI is InChI=1S/C14H22N2O/c1-2-3-4-5-13-6-7-15-14(12-13)16-8-10-17-11-9-16/h6-7,12H,2-5,8-11H2,1H3. The fourth-order valence-corrected chi connectivity index (χ4v) is 2.16. The number of aryl methyl sites for hydroxylation is 1. The predicted octanol–water partition coefficient (Wildman–Crippen LogP) is 2.65. The lowest BCUT2D eigenvalue weighted by atomic mass is 10.1. The molecule has 0 N–H and O–H groups in total. The first-order valence-corrected chi connectivity index (χ1v) is 6.68. The van der Waals surface area contributed by atoms with Gasteiger partial charge in [-0.05, 0) is 30.5 Å². The summed E-state index contributed by atoms with van der Waals surface area (Å²) >= 11 is 0. The van der Waals surface area contributed by atoms with Gasteiger partial charge < -0.3 is 9.64 Å². The van der Waals surface area contributed by atoms with Crippen LogP contribution in [-0.2, 0) is 11.2 Å². The number of aromatic nitrogens is 1. The summed E-state index contributed by atoms with van der Waals surface area (Å²) in [5.74, 6) is 1.11. The number of pyridine rings is 1. The molecular formula is C14H22N2O. The van der Waals surface area contributed by atoms with Crippen LogP contribution in [0.3, 0.4) is 0 Å². The summed E-state index contributed by atoms with van der Waals surface area (Å²) in [5.41, 5.74) is 1.41. The van der Waals surface area contributed by atoms with Gasteiger partial charge in [-0.15, -0.1) is 0 Å². The van der Waals surface area contributed by atoms with E-state index in [-0.39, 0.29) is 0 Å². The van der Waals surface area contributed by atoms with Crippen molar-refractivity contribution in [3.63, 3.8) is 0 Å². The summed E-state index contributed by atoms with van der Waals surface area (Å²) in [6.45, 7) is 5.81. The SMILES string of the molecule is CCCCCc1ccnc(N2CCOCC2)c1. The molecule has 0 aliphatic carbocycles. The average Bonchev–Trinajstić information content (AvgIpc) is 2.41. The van der Waals surface area contributed by atoms with E-state index in [4.69, 9.17) is 4.74 Å². The van der Waals surface area contributed by atoms with Crippen LogP contribution in [0.4, 0.5) is 5.82 Å². The number of unbranched alkanes of at least 4 members (excludes halogenated alkanes) is 2. The van der Waals surface area contributed by atoms with Gasteiger partial charge in [0.2, 0.25) is 0 Å². The monoisotopic (exact) mass is 234 g/mol. The summed E-state index contributed by atoms with van der Waals surface area (Å²) in [6.07, 6.45) is 6.99. The van der Waals surface area contributed by atoms with Crippen molar-refractivity contribution in [2.45, 2.75) is 32.6 Å². The molecule has 2 rings (SSSR count). The lowest BCUT2D eigenvalue weighted by Gasteiger charge is -2.28. The molecule has 2 heterocycles. The molecule has 1 fully saturated rings. The van der Waals surface area contributed by atoms with Gasteiger partial charge in [0.25, 0.3) is 0 Å². The second-order valence-corrected chi connectivity index (χ2v) is 4.58. The number of ether oxygens (including phenoxy) is 1. The molecule has 1 aromatic rings. The Kier molecular flexibility index (Phi) is 4.80. The van der Waals surface area contributed by atoms with E-state index in [1.54, 1.807) is 0 Å². The number of hydrogen-bond donors (Lipinski definition) is 0. The van der Waals surface area contributed by atoms with Crippen LogP contribution in [0.5, 0.6) is 0 Å². The molecule has 0 saturated carbocycles. The molecule has 3 nitrogen and oxygen atoms in total. The zero-order chi connectivity index (χ0) is 11.9. The van der Waals surface area contributed by atoms with E-state index in [9.17, 15) is 0 Å². The Morgan fingerprint density at radius 2 is 2.12 bits per heavy atom. The normalized spacial score (nSPS) is 16.2. The van der Waals surface area contributed by atoms with Gasteiger partial charge in [0, 0.05) is 19.3 Å². The number of anilines is 1. The van der Waals surface area contributed by atoms with Crippen LogP contribution >= 0.6 is 0 Å². The molecule has 1 aliphatic heterocycles. The summed E-state index contributed by atoms with van der Waals surface area (Å²) in [6, 6.07) is 4.38. The largest absolute Gasteiger partial charge is 0.378 e. The van der Waals surface area contributed by atoms with Crippen LogP contribution in [0.2, 0.25) is 0 Å². The minimum atomic E-state index is 0.821. The molecule has 0 atom stereocenters. The van der Waals surface area contributed by atoms with Crippen molar-refractivity contribution in [3.05, 3.63) is 23.9 Å². The molecule has 0 radical (unpaired) electrons. The van der Waals surface area contributed by atoms with Gasteiger partial charge >= 0.3 is 0 Å². The van der Waals surface area contributed by atoms with Crippen molar-refractivity contribution >= 4 is 5.82 Å². The molecule has 1 aliphatic rings. The molecule has 1 saturated heterocycles. The first kappa shape index (κ1) is 12.4. The van der Waals surface area contributed by atoms with Crippen LogP contribution in [-0.4, -0.2) is 31.3 Å². The molecular weight excluding hydrogens is 212 g/mol. The van der Waals surface area contributed by atoms with Crippen LogP contribution in [0.1, 0.15) is 31.7 Å². The molecule has 0 unspecified atom stereocenters. The Hall–Kier alpha value is -1.09. The highest BCUT2D eigenvalue weighted by atomic mass is 16.5. The second-order valence-electron chi connectivity index (χ2n) is 4.58. The highest BCUT2D eigenvalue weighted by molar-refractivity contribution is 5.41. The highest BCUT2D eigenvalue weighted by Gasteiger charge is 2.12. The summed E-state index contributed by atoms with van der Waals surface area (Å²) in [7, 11) is 0. The van der Waals surface area contributed by atoms with Crippen LogP contribution in [0, 0.1) is 0 Å². The predicted molar refractivity (Wildman–Crippen MR) is 70.5 cm³/mol. The maximum Gasteiger partial charge on any atom is 0.128 e. The third kappa shape index (κ3) is 3.70. The van der Waals surface area contributed by atoms with E-state index in [0.717, 1.165) is 32.1 Å². The molecule has 0 aromatic carbocycles. The number of nitrogens with zero attached hydrogens (tertiary/aromatic N) is 2. The molecule has 94 valence electrons. The summed E-state index contributed by atoms with van der Waals surface area (Å²) in [5, 5.41) is 0. The first-order chi connectivity index (χ1) is 8.40. The Morgan fingerprint density at radius 1 is 1.29 bits per heavy atom. The topological polar surface area (TPSA) is 25.4 Å². The maximum atomic E-state index is 5.36. The smallest absolute Gasteiger partial charge is 0.128 e. The van der Waals surface area contributed by atoms with E-state index in [2.05, 4.69) is 28.9 Å². The summed E-state index contributed by atoms with van der Waals surface area (Å²) in [4.78, 5) is 6.77. The molecule has 0 amide bonds. The van der Waals surface area contributed by atoms with E-state index in [0.29, 0.717) is 0 Å². The molecule has 0 bridgehead atoms. The molecule has 0 spiro atoms. The third-order valence-electron chi connectivity index (χ3n) is 3.21. The minimum Gasteiger partial charge on any atom is -0.378 e. The number of morpholine rings is 1. The number of rotatable bonds is 5. The lowest BCUT2D eigenvalue weighted by Crippen LogP contribution is -2.36. The first-order valence-electron chi connectivity index (χ1n) is 6.68. The van der Waals surface area contributed by atoms with Gasteiger partial charge in [0.1, 0.15) is 5.82 Å². The van der Waals surface area contributed by atoms with E-state index in [1.165, 1.54) is 31.2 Å². The second kappa shape index (κ2) is 6.60. The maximum absolute atomic E-state index is 5.36. The van der Waals surface area contributed by atoms with Crippen molar-refractivity contribution < 1.29 is 4.74 Å².